The molecule has 21 heavy (non-hydrogen) atoms. The Morgan fingerprint density at radius 2 is 1.81 bits per heavy atom. The Morgan fingerprint density at radius 3 is 2.43 bits per heavy atom. The van der Waals surface area contributed by atoms with E-state index < -0.39 is 5.97 Å². The van der Waals surface area contributed by atoms with E-state index >= 15 is 0 Å². The van der Waals surface area contributed by atoms with Gasteiger partial charge in [-0.2, -0.15) is 0 Å². The van der Waals surface area contributed by atoms with Crippen LogP contribution in [-0.4, -0.2) is 17.0 Å². The van der Waals surface area contributed by atoms with Crippen LogP contribution in [0.1, 0.15) is 17.3 Å². The van der Waals surface area contributed by atoms with Gasteiger partial charge in [-0.05, 0) is 36.4 Å². The number of hydrogen-bond donors (Lipinski definition) is 4. The van der Waals surface area contributed by atoms with E-state index in [2.05, 4.69) is 10.6 Å². The minimum Gasteiger partial charge on any atom is -0.478 e. The standard InChI is InChI=1S/C15H15N3O3/c1-9(19)17-11-3-2-4-12(8-11)18-14-6-5-10(15(20)21)7-13(14)16/h2-8,18H,16H2,1H3,(H,17,19)(H,20,21). The van der Waals surface area contributed by atoms with Gasteiger partial charge in [0.05, 0.1) is 16.9 Å². The smallest absolute Gasteiger partial charge is 0.335 e. The molecule has 5 N–H and O–H groups in total. The molecule has 108 valence electrons. The number of hydrogen-bond acceptors (Lipinski definition) is 4. The molecule has 0 saturated carbocycles. The molecule has 2 rings (SSSR count). The molecular weight excluding hydrogens is 270 g/mol. The first-order valence-corrected chi connectivity index (χ1v) is 6.23. The Hall–Kier alpha value is -3.02. The van der Waals surface area contributed by atoms with Crippen molar-refractivity contribution in [3.05, 3.63) is 48.0 Å². The number of carbonyl (C=O) groups is 2. The summed E-state index contributed by atoms with van der Waals surface area (Å²) in [5, 5.41) is 14.7. The van der Waals surface area contributed by atoms with Gasteiger partial charge < -0.3 is 21.5 Å². The molecule has 2 aromatic carbocycles. The highest BCUT2D eigenvalue weighted by Gasteiger charge is 2.07. The normalized spacial score (nSPS) is 9.95. The molecule has 0 radical (unpaired) electrons. The Balaban J connectivity index is 2.22. The Bertz CT molecular complexity index is 698. The highest BCUT2D eigenvalue weighted by atomic mass is 16.4. The Kier molecular flexibility index (Phi) is 4.08. The van der Waals surface area contributed by atoms with Crippen molar-refractivity contribution in [2.45, 2.75) is 6.92 Å². The average Bonchev–Trinajstić information content (AvgIpc) is 2.40. The first kappa shape index (κ1) is 14.4. The molecule has 0 saturated heterocycles. The molecule has 6 heteroatoms. The molecule has 6 nitrogen and oxygen atoms in total. The number of carboxylic acids is 1. The minimum atomic E-state index is -1.03. The number of anilines is 4. The molecule has 0 aliphatic rings. The highest BCUT2D eigenvalue weighted by molar-refractivity contribution is 5.91. The number of nitrogens with two attached hydrogens (primary N) is 1. The second-order valence-electron chi connectivity index (χ2n) is 4.49. The van der Waals surface area contributed by atoms with E-state index in [9.17, 15) is 9.59 Å². The molecule has 0 fully saturated rings. The molecule has 0 aliphatic carbocycles. The lowest BCUT2D eigenvalue weighted by molar-refractivity contribution is -0.114. The quantitative estimate of drug-likeness (QED) is 0.646. The van der Waals surface area contributed by atoms with Crippen molar-refractivity contribution in [2.24, 2.45) is 0 Å². The van der Waals surface area contributed by atoms with Crippen LogP contribution in [0.15, 0.2) is 42.5 Å². The molecule has 0 aliphatic heterocycles. The number of amides is 1. The molecule has 1 amide bonds. The maximum Gasteiger partial charge on any atom is 0.335 e. The van der Waals surface area contributed by atoms with Gasteiger partial charge in [0.2, 0.25) is 5.91 Å². The molecular formula is C15H15N3O3. The van der Waals surface area contributed by atoms with Crippen molar-refractivity contribution in [2.75, 3.05) is 16.4 Å². The zero-order valence-electron chi connectivity index (χ0n) is 11.4. The van der Waals surface area contributed by atoms with Crippen LogP contribution in [0.4, 0.5) is 22.7 Å². The van der Waals surface area contributed by atoms with Crippen LogP contribution in [0.25, 0.3) is 0 Å². The number of benzene rings is 2. The topological polar surface area (TPSA) is 104 Å². The lowest BCUT2D eigenvalue weighted by Crippen LogP contribution is -2.06. The third-order valence-electron chi connectivity index (χ3n) is 2.76. The average molecular weight is 285 g/mol. The summed E-state index contributed by atoms with van der Waals surface area (Å²) in [6, 6.07) is 11.6. The third-order valence-corrected chi connectivity index (χ3v) is 2.76. The summed E-state index contributed by atoms with van der Waals surface area (Å²) in [5.74, 6) is -1.18. The van der Waals surface area contributed by atoms with E-state index in [1.807, 2.05) is 6.07 Å². The maximum absolute atomic E-state index is 11.0. The van der Waals surface area contributed by atoms with Crippen molar-refractivity contribution < 1.29 is 14.7 Å². The van der Waals surface area contributed by atoms with Crippen LogP contribution in [0, 0.1) is 0 Å². The second-order valence-corrected chi connectivity index (χ2v) is 4.49. The van der Waals surface area contributed by atoms with Crippen LogP contribution in [0.5, 0.6) is 0 Å². The zero-order chi connectivity index (χ0) is 15.4. The lowest BCUT2D eigenvalue weighted by Gasteiger charge is -2.11. The van der Waals surface area contributed by atoms with Crippen LogP contribution in [0.2, 0.25) is 0 Å². The first-order chi connectivity index (χ1) is 9.95. The fourth-order valence-corrected chi connectivity index (χ4v) is 1.84. The van der Waals surface area contributed by atoms with Crippen molar-refractivity contribution in [3.63, 3.8) is 0 Å². The number of carboxylic acid groups (broad SMARTS) is 1. The summed E-state index contributed by atoms with van der Waals surface area (Å²) >= 11 is 0. The number of carbonyl (C=O) groups excluding carboxylic acids is 1. The van der Waals surface area contributed by atoms with Gasteiger partial charge in [0, 0.05) is 18.3 Å². The summed E-state index contributed by atoms with van der Waals surface area (Å²) in [6.45, 7) is 1.43. The van der Waals surface area contributed by atoms with E-state index in [4.69, 9.17) is 10.8 Å². The largest absolute Gasteiger partial charge is 0.478 e. The predicted octanol–water partition coefficient (Wildman–Crippen LogP) is 2.67. The van der Waals surface area contributed by atoms with Crippen LogP contribution in [-0.2, 0) is 4.79 Å². The fourth-order valence-electron chi connectivity index (χ4n) is 1.84. The number of aromatic carboxylic acids is 1. The molecule has 0 spiro atoms. The third kappa shape index (κ3) is 3.73. The summed E-state index contributed by atoms with van der Waals surface area (Å²) in [7, 11) is 0. The van der Waals surface area contributed by atoms with Gasteiger partial charge in [0.25, 0.3) is 0 Å². The Morgan fingerprint density at radius 1 is 1.10 bits per heavy atom. The molecule has 0 atom stereocenters. The van der Waals surface area contributed by atoms with Gasteiger partial charge in [-0.1, -0.05) is 6.07 Å². The molecule has 0 unspecified atom stereocenters. The van der Waals surface area contributed by atoms with Crippen molar-refractivity contribution >= 4 is 34.6 Å². The number of nitrogen functional groups attached to an aromatic ring is 1. The maximum atomic E-state index is 11.0. The fraction of sp³-hybridized carbons (Fsp3) is 0.0667. The molecule has 0 aromatic heterocycles. The highest BCUT2D eigenvalue weighted by Crippen LogP contribution is 2.25. The van der Waals surface area contributed by atoms with Gasteiger partial charge in [-0.3, -0.25) is 4.79 Å². The molecule has 0 heterocycles. The summed E-state index contributed by atoms with van der Waals surface area (Å²) in [5.41, 5.74) is 8.28. The number of nitrogens with one attached hydrogen (secondary N) is 2. The van der Waals surface area contributed by atoms with Gasteiger partial charge in [0.1, 0.15) is 0 Å². The Labute approximate surface area is 121 Å². The first-order valence-electron chi connectivity index (χ1n) is 6.23. The summed E-state index contributed by atoms with van der Waals surface area (Å²) < 4.78 is 0. The van der Waals surface area contributed by atoms with Crippen molar-refractivity contribution in [1.82, 2.24) is 0 Å². The van der Waals surface area contributed by atoms with Crippen LogP contribution in [0.3, 0.4) is 0 Å². The van der Waals surface area contributed by atoms with Crippen molar-refractivity contribution in [1.29, 1.82) is 0 Å². The monoisotopic (exact) mass is 285 g/mol. The second kappa shape index (κ2) is 5.96. The zero-order valence-corrected chi connectivity index (χ0v) is 11.4. The molecule has 2 aromatic rings. The lowest BCUT2D eigenvalue weighted by atomic mass is 10.1. The van der Waals surface area contributed by atoms with Gasteiger partial charge in [-0.25, -0.2) is 4.79 Å². The van der Waals surface area contributed by atoms with E-state index in [1.165, 1.54) is 19.1 Å². The SMILES string of the molecule is CC(=O)Nc1cccc(Nc2ccc(C(=O)O)cc2N)c1. The number of rotatable bonds is 4. The van der Waals surface area contributed by atoms with Gasteiger partial charge in [0.15, 0.2) is 0 Å². The summed E-state index contributed by atoms with van der Waals surface area (Å²) in [4.78, 5) is 21.9. The van der Waals surface area contributed by atoms with Gasteiger partial charge in [-0.15, -0.1) is 0 Å². The molecule has 0 bridgehead atoms. The van der Waals surface area contributed by atoms with Crippen LogP contribution >= 0.6 is 0 Å². The van der Waals surface area contributed by atoms with E-state index in [-0.39, 0.29) is 11.5 Å². The van der Waals surface area contributed by atoms with E-state index in [0.29, 0.717) is 17.1 Å². The predicted molar refractivity (Wildman–Crippen MR) is 81.8 cm³/mol. The summed E-state index contributed by atoms with van der Waals surface area (Å²) in [6.07, 6.45) is 0. The van der Waals surface area contributed by atoms with Crippen LogP contribution < -0.4 is 16.4 Å². The van der Waals surface area contributed by atoms with E-state index in [1.54, 1.807) is 24.3 Å². The minimum absolute atomic E-state index is 0.130. The van der Waals surface area contributed by atoms with Gasteiger partial charge >= 0.3 is 5.97 Å². The van der Waals surface area contributed by atoms with Crippen molar-refractivity contribution in [3.8, 4) is 0 Å². The van der Waals surface area contributed by atoms with E-state index in [0.717, 1.165) is 5.69 Å².